The van der Waals surface area contributed by atoms with Crippen molar-refractivity contribution in [1.82, 2.24) is 4.98 Å². The van der Waals surface area contributed by atoms with Crippen LogP contribution in [0.25, 0.3) is 0 Å². The van der Waals surface area contributed by atoms with Gasteiger partial charge in [-0.25, -0.2) is 4.98 Å². The zero-order valence-corrected chi connectivity index (χ0v) is 7.93. The minimum absolute atomic E-state index is 0.394. The van der Waals surface area contributed by atoms with Gasteiger partial charge in [0.05, 0.1) is 12.0 Å². The van der Waals surface area contributed by atoms with E-state index in [0.29, 0.717) is 0 Å². The van der Waals surface area contributed by atoms with E-state index < -0.39 is 34.8 Å². The summed E-state index contributed by atoms with van der Waals surface area (Å²) in [6, 6.07) is 0.989. The number of rotatable bonds is 2. The molecule has 0 aliphatic heterocycles. The summed E-state index contributed by atoms with van der Waals surface area (Å²) in [6.45, 7) is 0. The first-order chi connectivity index (χ1) is 6.82. The molecule has 1 aromatic rings. The van der Waals surface area contributed by atoms with Crippen LogP contribution in [-0.2, 0) is 17.4 Å². The molecule has 0 spiro atoms. The summed E-state index contributed by atoms with van der Waals surface area (Å²) in [4.78, 5) is 13.6. The summed E-state index contributed by atoms with van der Waals surface area (Å²) in [5, 5.41) is 7.68. The van der Waals surface area contributed by atoms with Crippen molar-refractivity contribution < 1.29 is 23.1 Å². The largest absolute Gasteiger partial charge is 0.481 e. The van der Waals surface area contributed by atoms with E-state index in [0.717, 1.165) is 12.3 Å². The van der Waals surface area contributed by atoms with Gasteiger partial charge in [0.25, 0.3) is 0 Å². The maximum atomic E-state index is 12.4. The molecule has 82 valence electrons. The first-order valence-corrected chi connectivity index (χ1v) is 4.12. The maximum Gasteiger partial charge on any atom is 0.419 e. The van der Waals surface area contributed by atoms with Crippen LogP contribution >= 0.6 is 11.6 Å². The summed E-state index contributed by atoms with van der Waals surface area (Å²) in [7, 11) is 0. The van der Waals surface area contributed by atoms with Crippen molar-refractivity contribution in [3.63, 3.8) is 0 Å². The summed E-state index contributed by atoms with van der Waals surface area (Å²) < 4.78 is 37.3. The van der Waals surface area contributed by atoms with Crippen molar-refractivity contribution in [3.8, 4) is 0 Å². The molecule has 1 rings (SSSR count). The summed E-state index contributed by atoms with van der Waals surface area (Å²) in [5.74, 6) is -1.36. The van der Waals surface area contributed by atoms with Gasteiger partial charge in [-0.05, 0) is 11.6 Å². The number of hydrogen-bond donors (Lipinski definition) is 1. The van der Waals surface area contributed by atoms with Gasteiger partial charge in [-0.3, -0.25) is 4.79 Å². The van der Waals surface area contributed by atoms with Gasteiger partial charge < -0.3 is 5.11 Å². The van der Waals surface area contributed by atoms with E-state index in [-0.39, 0.29) is 0 Å². The van der Waals surface area contributed by atoms with Crippen LogP contribution in [-0.4, -0.2) is 16.1 Å². The molecule has 0 aromatic carbocycles. The van der Waals surface area contributed by atoms with Gasteiger partial charge in [-0.2, -0.15) is 13.2 Å². The number of nitrogens with zero attached hydrogens (tertiary/aromatic N) is 1. The highest BCUT2D eigenvalue weighted by atomic mass is 35.5. The van der Waals surface area contributed by atoms with Gasteiger partial charge in [0.2, 0.25) is 0 Å². The lowest BCUT2D eigenvalue weighted by atomic mass is 10.1. The highest BCUT2D eigenvalue weighted by Gasteiger charge is 2.36. The second kappa shape index (κ2) is 4.06. The quantitative estimate of drug-likeness (QED) is 0.806. The second-order valence-corrected chi connectivity index (χ2v) is 3.06. The number of carbonyl (C=O) groups is 1. The molecule has 7 heteroatoms. The minimum atomic E-state index is -4.70. The molecule has 0 radical (unpaired) electrons. The van der Waals surface area contributed by atoms with E-state index in [1.807, 2.05) is 0 Å². The van der Waals surface area contributed by atoms with Crippen molar-refractivity contribution in [3.05, 3.63) is 28.5 Å². The number of carboxylic acid groups (broad SMARTS) is 1. The third-order valence-electron chi connectivity index (χ3n) is 1.62. The third kappa shape index (κ3) is 2.82. The van der Waals surface area contributed by atoms with Crippen LogP contribution in [0.3, 0.4) is 0 Å². The van der Waals surface area contributed by atoms with Crippen molar-refractivity contribution in [2.75, 3.05) is 0 Å². The molecule has 1 N–H and O–H groups in total. The molecule has 0 bridgehead atoms. The fourth-order valence-corrected chi connectivity index (χ4v) is 1.37. The zero-order chi connectivity index (χ0) is 11.6. The highest BCUT2D eigenvalue weighted by molar-refractivity contribution is 6.30. The molecule has 0 atom stereocenters. The molecule has 15 heavy (non-hydrogen) atoms. The third-order valence-corrected chi connectivity index (χ3v) is 1.90. The Hall–Kier alpha value is -1.30. The zero-order valence-electron chi connectivity index (χ0n) is 7.18. The first kappa shape index (κ1) is 11.8. The molecule has 0 saturated carbocycles. The molecular formula is C8H5ClF3NO2. The van der Waals surface area contributed by atoms with E-state index in [4.69, 9.17) is 16.7 Å². The Balaban J connectivity index is 3.27. The predicted molar refractivity (Wildman–Crippen MR) is 45.6 cm³/mol. The van der Waals surface area contributed by atoms with E-state index >= 15 is 0 Å². The lowest BCUT2D eigenvalue weighted by Gasteiger charge is -2.11. The van der Waals surface area contributed by atoms with E-state index in [9.17, 15) is 18.0 Å². The van der Waals surface area contributed by atoms with Crippen molar-refractivity contribution in [2.45, 2.75) is 12.6 Å². The van der Waals surface area contributed by atoms with Crippen LogP contribution in [0.5, 0.6) is 0 Å². The minimum Gasteiger partial charge on any atom is -0.481 e. The van der Waals surface area contributed by atoms with Gasteiger partial charge >= 0.3 is 12.1 Å². The monoisotopic (exact) mass is 239 g/mol. The Morgan fingerprint density at radius 3 is 2.60 bits per heavy atom. The Morgan fingerprint density at radius 2 is 2.13 bits per heavy atom. The van der Waals surface area contributed by atoms with Crippen LogP contribution in [0, 0.1) is 0 Å². The normalized spacial score (nSPS) is 11.5. The molecule has 0 amide bonds. The molecular weight excluding hydrogens is 235 g/mol. The van der Waals surface area contributed by atoms with Gasteiger partial charge in [0.15, 0.2) is 0 Å². The van der Waals surface area contributed by atoms with Gasteiger partial charge in [-0.15, -0.1) is 0 Å². The lowest BCUT2D eigenvalue weighted by molar-refractivity contribution is -0.139. The van der Waals surface area contributed by atoms with E-state index in [2.05, 4.69) is 4.98 Å². The Labute approximate surface area is 87.5 Å². The van der Waals surface area contributed by atoms with E-state index in [1.165, 1.54) is 0 Å². The highest BCUT2D eigenvalue weighted by Crippen LogP contribution is 2.36. The Kier molecular flexibility index (Phi) is 3.18. The average molecular weight is 240 g/mol. The maximum absolute atomic E-state index is 12.4. The number of hydrogen-bond acceptors (Lipinski definition) is 2. The average Bonchev–Trinajstić information content (AvgIpc) is 1.99. The lowest BCUT2D eigenvalue weighted by Crippen LogP contribution is -2.13. The molecule has 0 unspecified atom stereocenters. The number of pyridine rings is 1. The molecule has 0 fully saturated rings. The van der Waals surface area contributed by atoms with Crippen molar-refractivity contribution in [2.24, 2.45) is 0 Å². The number of carboxylic acids is 1. The molecule has 0 aliphatic rings. The summed E-state index contributed by atoms with van der Waals surface area (Å²) >= 11 is 5.27. The summed E-state index contributed by atoms with van der Waals surface area (Å²) in [6.07, 6.45) is -4.40. The topological polar surface area (TPSA) is 50.2 Å². The predicted octanol–water partition coefficient (Wildman–Crippen LogP) is 2.38. The van der Waals surface area contributed by atoms with Crippen LogP contribution in [0.1, 0.15) is 11.1 Å². The number of halogens is 4. The Morgan fingerprint density at radius 1 is 1.53 bits per heavy atom. The van der Waals surface area contributed by atoms with Gasteiger partial charge in [-0.1, -0.05) is 11.6 Å². The number of aliphatic carboxylic acids is 1. The molecule has 1 aromatic heterocycles. The van der Waals surface area contributed by atoms with Crippen LogP contribution in [0.2, 0.25) is 5.15 Å². The smallest absolute Gasteiger partial charge is 0.419 e. The van der Waals surface area contributed by atoms with E-state index in [1.54, 1.807) is 0 Å². The van der Waals surface area contributed by atoms with Crippen molar-refractivity contribution in [1.29, 1.82) is 0 Å². The van der Waals surface area contributed by atoms with Gasteiger partial charge in [0, 0.05) is 6.20 Å². The fourth-order valence-electron chi connectivity index (χ4n) is 1.08. The second-order valence-electron chi connectivity index (χ2n) is 2.70. The molecule has 3 nitrogen and oxygen atoms in total. The van der Waals surface area contributed by atoms with Crippen LogP contribution in [0.4, 0.5) is 13.2 Å². The fraction of sp³-hybridized carbons (Fsp3) is 0.250. The first-order valence-electron chi connectivity index (χ1n) is 3.74. The molecule has 0 saturated heterocycles. The van der Waals surface area contributed by atoms with Crippen LogP contribution in [0.15, 0.2) is 12.3 Å². The molecule has 1 heterocycles. The SMILES string of the molecule is O=C(O)Cc1ccnc(Cl)c1C(F)(F)F. The molecule has 0 aliphatic carbocycles. The summed E-state index contributed by atoms with van der Waals surface area (Å²) in [5.41, 5.74) is -1.58. The van der Waals surface area contributed by atoms with Crippen molar-refractivity contribution >= 4 is 17.6 Å². The Bertz CT molecular complexity index is 392. The standard InChI is InChI=1S/C8H5ClF3NO2/c9-7-6(8(10,11)12)4(1-2-13-7)3-5(14)15/h1-2H,3H2,(H,14,15). The number of alkyl halides is 3. The van der Waals surface area contributed by atoms with Crippen LogP contribution < -0.4 is 0 Å². The number of aromatic nitrogens is 1. The van der Waals surface area contributed by atoms with Gasteiger partial charge in [0.1, 0.15) is 5.15 Å².